The first-order valence-corrected chi connectivity index (χ1v) is 8.03. The van der Waals surface area contributed by atoms with E-state index in [9.17, 15) is 9.59 Å². The molecule has 1 saturated carbocycles. The summed E-state index contributed by atoms with van der Waals surface area (Å²) in [6.45, 7) is 3.29. The Bertz CT molecular complexity index is 599. The van der Waals surface area contributed by atoms with Crippen LogP contribution in [0.15, 0.2) is 18.2 Å². The Morgan fingerprint density at radius 3 is 2.32 bits per heavy atom. The van der Waals surface area contributed by atoms with E-state index in [0.29, 0.717) is 10.0 Å². The molecule has 0 aromatic heterocycles. The van der Waals surface area contributed by atoms with Crippen LogP contribution in [-0.4, -0.2) is 23.0 Å². The molecule has 0 saturated heterocycles. The van der Waals surface area contributed by atoms with Gasteiger partial charge < -0.3 is 10.4 Å². The predicted octanol–water partition coefficient (Wildman–Crippen LogP) is 3.64. The fourth-order valence-corrected chi connectivity index (χ4v) is 2.95. The average molecular weight is 344 g/mol. The predicted molar refractivity (Wildman–Crippen MR) is 86.4 cm³/mol. The fraction of sp³-hybridized carbons (Fsp3) is 0.500. The third-order valence-corrected chi connectivity index (χ3v) is 5.35. The standard InChI is InChI=1S/C16H19Cl2NO3/c1-9(14(20)21)10(2)19-15(22)16(6-3-7-16)11-4-5-12(17)13(18)8-11/h4-5,8-10H,3,6-7H2,1-2H3,(H,19,22)(H,20,21). The molecule has 4 nitrogen and oxygen atoms in total. The second kappa shape index (κ2) is 6.47. The maximum Gasteiger partial charge on any atom is 0.308 e. The number of carboxylic acids is 1. The second-order valence-corrected chi connectivity index (χ2v) is 6.77. The Balaban J connectivity index is 2.21. The SMILES string of the molecule is CC(NC(=O)C1(c2ccc(Cl)c(Cl)c2)CCC1)C(C)C(=O)O. The van der Waals surface area contributed by atoms with E-state index >= 15 is 0 Å². The van der Waals surface area contributed by atoms with E-state index in [1.54, 1.807) is 26.0 Å². The maximum atomic E-state index is 12.7. The molecule has 2 unspecified atom stereocenters. The van der Waals surface area contributed by atoms with E-state index in [1.165, 1.54) is 0 Å². The molecule has 2 atom stereocenters. The van der Waals surface area contributed by atoms with E-state index in [4.69, 9.17) is 28.3 Å². The zero-order valence-corrected chi connectivity index (χ0v) is 14.0. The summed E-state index contributed by atoms with van der Waals surface area (Å²) in [7, 11) is 0. The molecular formula is C16H19Cl2NO3. The molecule has 0 spiro atoms. The van der Waals surface area contributed by atoms with Crippen molar-refractivity contribution in [3.8, 4) is 0 Å². The van der Waals surface area contributed by atoms with Crippen LogP contribution in [0.1, 0.15) is 38.7 Å². The number of nitrogens with one attached hydrogen (secondary N) is 1. The van der Waals surface area contributed by atoms with Gasteiger partial charge in [-0.2, -0.15) is 0 Å². The summed E-state index contributed by atoms with van der Waals surface area (Å²) in [6.07, 6.45) is 2.41. The highest BCUT2D eigenvalue weighted by molar-refractivity contribution is 6.42. The van der Waals surface area contributed by atoms with Gasteiger partial charge in [0, 0.05) is 6.04 Å². The van der Waals surface area contributed by atoms with Gasteiger partial charge in [0.25, 0.3) is 0 Å². The summed E-state index contributed by atoms with van der Waals surface area (Å²) in [5.74, 6) is -1.71. The van der Waals surface area contributed by atoms with Crippen molar-refractivity contribution in [2.75, 3.05) is 0 Å². The lowest BCUT2D eigenvalue weighted by atomic mass is 9.63. The Labute approximate surface area is 139 Å². The molecule has 1 fully saturated rings. The summed E-state index contributed by atoms with van der Waals surface area (Å²) in [5, 5.41) is 12.8. The normalized spacial score (nSPS) is 18.9. The summed E-state index contributed by atoms with van der Waals surface area (Å²) in [5.41, 5.74) is 0.210. The van der Waals surface area contributed by atoms with Crippen LogP contribution in [0.3, 0.4) is 0 Å². The zero-order valence-electron chi connectivity index (χ0n) is 12.5. The smallest absolute Gasteiger partial charge is 0.308 e. The van der Waals surface area contributed by atoms with Crippen LogP contribution in [0, 0.1) is 5.92 Å². The molecule has 0 radical (unpaired) electrons. The average Bonchev–Trinajstić information content (AvgIpc) is 2.40. The highest BCUT2D eigenvalue weighted by Crippen LogP contribution is 2.45. The molecule has 0 bridgehead atoms. The lowest BCUT2D eigenvalue weighted by Gasteiger charge is -2.41. The van der Waals surface area contributed by atoms with Crippen molar-refractivity contribution in [2.24, 2.45) is 5.92 Å². The third-order valence-electron chi connectivity index (χ3n) is 4.61. The van der Waals surface area contributed by atoms with Gasteiger partial charge in [-0.05, 0) is 44.4 Å². The topological polar surface area (TPSA) is 66.4 Å². The minimum atomic E-state index is -0.926. The van der Waals surface area contributed by atoms with Crippen molar-refractivity contribution >= 4 is 35.1 Å². The number of carboxylic acid groups (broad SMARTS) is 1. The van der Waals surface area contributed by atoms with E-state index in [1.807, 2.05) is 6.07 Å². The van der Waals surface area contributed by atoms with Crippen molar-refractivity contribution in [3.63, 3.8) is 0 Å². The lowest BCUT2D eigenvalue weighted by Crippen LogP contribution is -2.53. The first-order chi connectivity index (χ1) is 10.3. The molecule has 22 heavy (non-hydrogen) atoms. The molecule has 1 aromatic carbocycles. The number of benzene rings is 1. The number of carbonyl (C=O) groups is 2. The molecule has 2 rings (SSSR count). The third kappa shape index (κ3) is 3.08. The number of halogens is 2. The highest BCUT2D eigenvalue weighted by Gasteiger charge is 2.46. The van der Waals surface area contributed by atoms with E-state index in [0.717, 1.165) is 24.8 Å². The highest BCUT2D eigenvalue weighted by atomic mass is 35.5. The monoisotopic (exact) mass is 343 g/mol. The maximum absolute atomic E-state index is 12.7. The Kier molecular flexibility index (Phi) is 5.03. The summed E-state index contributed by atoms with van der Waals surface area (Å²) >= 11 is 12.0. The van der Waals surface area contributed by atoms with Gasteiger partial charge in [0.15, 0.2) is 0 Å². The molecular weight excluding hydrogens is 325 g/mol. The number of hydrogen-bond donors (Lipinski definition) is 2. The molecule has 1 amide bonds. The Morgan fingerprint density at radius 1 is 1.23 bits per heavy atom. The number of aliphatic carboxylic acids is 1. The Hall–Kier alpha value is -1.26. The van der Waals surface area contributed by atoms with Crippen LogP contribution in [0.2, 0.25) is 10.0 Å². The van der Waals surface area contributed by atoms with Crippen molar-refractivity contribution in [3.05, 3.63) is 33.8 Å². The van der Waals surface area contributed by atoms with Crippen molar-refractivity contribution in [1.29, 1.82) is 0 Å². The molecule has 1 aliphatic carbocycles. The van der Waals surface area contributed by atoms with Gasteiger partial charge in [-0.15, -0.1) is 0 Å². The number of rotatable bonds is 5. The van der Waals surface area contributed by atoms with Crippen molar-refractivity contribution in [1.82, 2.24) is 5.32 Å². The quantitative estimate of drug-likeness (QED) is 0.857. The van der Waals surface area contributed by atoms with Gasteiger partial charge in [-0.1, -0.05) is 35.7 Å². The first kappa shape index (κ1) is 17.1. The van der Waals surface area contributed by atoms with Crippen molar-refractivity contribution < 1.29 is 14.7 Å². The largest absolute Gasteiger partial charge is 0.481 e. The second-order valence-electron chi connectivity index (χ2n) is 5.95. The van der Waals surface area contributed by atoms with E-state index in [-0.39, 0.29) is 5.91 Å². The molecule has 0 heterocycles. The molecule has 1 aromatic rings. The summed E-state index contributed by atoms with van der Waals surface area (Å²) in [6, 6.07) is 4.80. The number of amides is 1. The number of carbonyl (C=O) groups excluding carboxylic acids is 1. The van der Waals surface area contributed by atoms with Gasteiger partial charge in [0.05, 0.1) is 21.4 Å². The summed E-state index contributed by atoms with van der Waals surface area (Å²) < 4.78 is 0. The van der Waals surface area contributed by atoms with Gasteiger partial charge in [-0.25, -0.2) is 0 Å². The van der Waals surface area contributed by atoms with Gasteiger partial charge in [0.1, 0.15) is 0 Å². The number of hydrogen-bond acceptors (Lipinski definition) is 2. The van der Waals surface area contributed by atoms with Gasteiger partial charge in [0.2, 0.25) is 5.91 Å². The van der Waals surface area contributed by atoms with Crippen LogP contribution in [0.5, 0.6) is 0 Å². The van der Waals surface area contributed by atoms with Gasteiger partial charge >= 0.3 is 5.97 Å². The van der Waals surface area contributed by atoms with E-state index in [2.05, 4.69) is 5.32 Å². The zero-order chi connectivity index (χ0) is 16.5. The Morgan fingerprint density at radius 2 is 1.86 bits per heavy atom. The van der Waals surface area contributed by atoms with Crippen LogP contribution in [-0.2, 0) is 15.0 Å². The van der Waals surface area contributed by atoms with Crippen LogP contribution < -0.4 is 5.32 Å². The minimum Gasteiger partial charge on any atom is -0.481 e. The molecule has 1 aliphatic rings. The minimum absolute atomic E-state index is 0.141. The van der Waals surface area contributed by atoms with Crippen LogP contribution >= 0.6 is 23.2 Å². The first-order valence-electron chi connectivity index (χ1n) is 7.27. The van der Waals surface area contributed by atoms with Crippen LogP contribution in [0.4, 0.5) is 0 Å². The fourth-order valence-electron chi connectivity index (χ4n) is 2.65. The summed E-state index contributed by atoms with van der Waals surface area (Å²) in [4.78, 5) is 23.7. The van der Waals surface area contributed by atoms with Gasteiger partial charge in [-0.3, -0.25) is 9.59 Å². The molecule has 2 N–H and O–H groups in total. The van der Waals surface area contributed by atoms with Crippen molar-refractivity contribution in [2.45, 2.75) is 44.6 Å². The molecule has 120 valence electrons. The lowest BCUT2D eigenvalue weighted by molar-refractivity contribution is -0.142. The van der Waals surface area contributed by atoms with Crippen LogP contribution in [0.25, 0.3) is 0 Å². The van der Waals surface area contributed by atoms with E-state index < -0.39 is 23.3 Å². The molecule has 6 heteroatoms. The molecule has 0 aliphatic heterocycles.